The summed E-state index contributed by atoms with van der Waals surface area (Å²) in [4.78, 5) is 0.216. The number of aromatic amines is 1. The Bertz CT molecular complexity index is 521. The van der Waals surface area contributed by atoms with Gasteiger partial charge in [-0.3, -0.25) is 5.10 Å². The topological polar surface area (TPSA) is 74.8 Å². The van der Waals surface area contributed by atoms with Gasteiger partial charge in [0, 0.05) is 12.4 Å². The first-order chi connectivity index (χ1) is 8.99. The minimum absolute atomic E-state index is 0.0927. The molecule has 1 aliphatic rings. The standard InChI is InChI=1S/C12H20ClN3O2S/c1-10-11(7-14-16-10)19(17,18)15-9-12(8-13)5-3-2-4-6-12/h7,15H,2-6,8-9H2,1H3,(H,14,16). The quantitative estimate of drug-likeness (QED) is 0.819. The second-order valence-electron chi connectivity index (χ2n) is 5.38. The van der Waals surface area contributed by atoms with Crippen LogP contribution >= 0.6 is 11.6 Å². The molecule has 0 spiro atoms. The van der Waals surface area contributed by atoms with Gasteiger partial charge in [-0.2, -0.15) is 5.10 Å². The first-order valence-corrected chi connectivity index (χ1v) is 8.56. The second kappa shape index (κ2) is 5.81. The number of rotatable bonds is 5. The molecule has 1 aromatic rings. The van der Waals surface area contributed by atoms with Crippen LogP contribution in [-0.4, -0.2) is 31.0 Å². The molecular formula is C12H20ClN3O2S. The van der Waals surface area contributed by atoms with Crippen LogP contribution in [0.4, 0.5) is 0 Å². The maximum atomic E-state index is 12.2. The zero-order valence-electron chi connectivity index (χ0n) is 11.1. The molecule has 2 rings (SSSR count). The number of nitrogens with one attached hydrogen (secondary N) is 2. The molecule has 0 radical (unpaired) electrons. The van der Waals surface area contributed by atoms with Gasteiger partial charge in [-0.05, 0) is 25.2 Å². The van der Waals surface area contributed by atoms with E-state index < -0.39 is 10.0 Å². The summed E-state index contributed by atoms with van der Waals surface area (Å²) in [5.74, 6) is 0.500. The Labute approximate surface area is 119 Å². The van der Waals surface area contributed by atoms with Crippen LogP contribution < -0.4 is 4.72 Å². The van der Waals surface area contributed by atoms with Gasteiger partial charge in [0.1, 0.15) is 4.90 Å². The Hall–Kier alpha value is -0.590. The SMILES string of the molecule is Cc1[nH]ncc1S(=O)(=O)NCC1(CCl)CCCCC1. The van der Waals surface area contributed by atoms with Crippen molar-refractivity contribution in [2.24, 2.45) is 5.41 Å². The predicted octanol–water partition coefficient (Wildman–Crippen LogP) is 2.19. The Morgan fingerprint density at radius 2 is 2.11 bits per heavy atom. The Kier molecular flexibility index (Phi) is 4.53. The third-order valence-corrected chi connectivity index (χ3v) is 5.99. The average Bonchev–Trinajstić information content (AvgIpc) is 2.85. The summed E-state index contributed by atoms with van der Waals surface area (Å²) in [5, 5.41) is 6.39. The first-order valence-electron chi connectivity index (χ1n) is 6.55. The predicted molar refractivity (Wildman–Crippen MR) is 74.8 cm³/mol. The first kappa shape index (κ1) is 14.8. The molecule has 1 aromatic heterocycles. The van der Waals surface area contributed by atoms with Gasteiger partial charge in [-0.25, -0.2) is 13.1 Å². The van der Waals surface area contributed by atoms with Gasteiger partial charge in [0.25, 0.3) is 0 Å². The van der Waals surface area contributed by atoms with Gasteiger partial charge < -0.3 is 0 Å². The lowest BCUT2D eigenvalue weighted by Gasteiger charge is -2.35. The molecule has 0 saturated heterocycles. The molecular weight excluding hydrogens is 286 g/mol. The van der Waals surface area contributed by atoms with Crippen molar-refractivity contribution in [1.82, 2.24) is 14.9 Å². The van der Waals surface area contributed by atoms with Crippen molar-refractivity contribution in [2.75, 3.05) is 12.4 Å². The summed E-state index contributed by atoms with van der Waals surface area (Å²) in [6.45, 7) is 2.10. The molecule has 1 heterocycles. The lowest BCUT2D eigenvalue weighted by molar-refractivity contribution is 0.223. The number of hydrogen-bond donors (Lipinski definition) is 2. The third kappa shape index (κ3) is 3.30. The van der Waals surface area contributed by atoms with E-state index in [1.54, 1.807) is 6.92 Å². The smallest absolute Gasteiger partial charge is 0.243 e. The van der Waals surface area contributed by atoms with E-state index in [2.05, 4.69) is 14.9 Å². The fourth-order valence-electron chi connectivity index (χ4n) is 2.60. The summed E-state index contributed by atoms with van der Waals surface area (Å²) in [6, 6.07) is 0. The molecule has 0 unspecified atom stereocenters. The molecule has 108 valence electrons. The summed E-state index contributed by atoms with van der Waals surface area (Å²) >= 11 is 6.07. The zero-order chi connectivity index (χ0) is 13.9. The highest BCUT2D eigenvalue weighted by molar-refractivity contribution is 7.89. The number of halogens is 1. The maximum Gasteiger partial charge on any atom is 0.243 e. The Morgan fingerprint density at radius 3 is 2.63 bits per heavy atom. The van der Waals surface area contributed by atoms with Crippen LogP contribution in [0.3, 0.4) is 0 Å². The molecule has 1 saturated carbocycles. The normalized spacial score (nSPS) is 19.5. The molecule has 2 N–H and O–H groups in total. The second-order valence-corrected chi connectivity index (χ2v) is 7.38. The summed E-state index contributed by atoms with van der Waals surface area (Å²) in [5.41, 5.74) is 0.459. The highest BCUT2D eigenvalue weighted by atomic mass is 35.5. The van der Waals surface area contributed by atoms with E-state index in [1.807, 2.05) is 0 Å². The van der Waals surface area contributed by atoms with Crippen molar-refractivity contribution in [1.29, 1.82) is 0 Å². The monoisotopic (exact) mass is 305 g/mol. The fraction of sp³-hybridized carbons (Fsp3) is 0.750. The number of nitrogens with zero attached hydrogens (tertiary/aromatic N) is 1. The van der Waals surface area contributed by atoms with E-state index in [1.165, 1.54) is 12.6 Å². The number of sulfonamides is 1. The highest BCUT2D eigenvalue weighted by Gasteiger charge is 2.33. The average molecular weight is 306 g/mol. The van der Waals surface area contributed by atoms with Gasteiger partial charge in [0.2, 0.25) is 10.0 Å². The molecule has 0 aromatic carbocycles. The molecule has 0 amide bonds. The molecule has 7 heteroatoms. The van der Waals surface area contributed by atoms with Crippen molar-refractivity contribution in [3.05, 3.63) is 11.9 Å². The van der Waals surface area contributed by atoms with Crippen LogP contribution in [0.2, 0.25) is 0 Å². The lowest BCUT2D eigenvalue weighted by Crippen LogP contribution is -2.40. The van der Waals surface area contributed by atoms with E-state index in [-0.39, 0.29) is 10.3 Å². The Morgan fingerprint density at radius 1 is 1.42 bits per heavy atom. The van der Waals surface area contributed by atoms with Crippen molar-refractivity contribution in [3.8, 4) is 0 Å². The molecule has 0 aliphatic heterocycles. The lowest BCUT2D eigenvalue weighted by atomic mass is 9.76. The van der Waals surface area contributed by atoms with Crippen LogP contribution in [0.1, 0.15) is 37.8 Å². The number of H-pyrrole nitrogens is 1. The van der Waals surface area contributed by atoms with Gasteiger partial charge >= 0.3 is 0 Å². The number of hydrogen-bond acceptors (Lipinski definition) is 3. The van der Waals surface area contributed by atoms with Gasteiger partial charge in [-0.15, -0.1) is 11.6 Å². The van der Waals surface area contributed by atoms with Gasteiger partial charge in [0.05, 0.1) is 11.9 Å². The third-order valence-electron chi connectivity index (χ3n) is 3.91. The van der Waals surface area contributed by atoms with E-state index in [0.29, 0.717) is 18.1 Å². The zero-order valence-corrected chi connectivity index (χ0v) is 12.6. The summed E-state index contributed by atoms with van der Waals surface area (Å²) < 4.78 is 27.1. The maximum absolute atomic E-state index is 12.2. The Balaban J connectivity index is 2.07. The largest absolute Gasteiger partial charge is 0.281 e. The van der Waals surface area contributed by atoms with Crippen LogP contribution in [0.5, 0.6) is 0 Å². The minimum atomic E-state index is -3.50. The van der Waals surface area contributed by atoms with Crippen LogP contribution in [-0.2, 0) is 10.0 Å². The molecule has 0 atom stereocenters. The molecule has 19 heavy (non-hydrogen) atoms. The van der Waals surface area contributed by atoms with Crippen LogP contribution in [0.15, 0.2) is 11.1 Å². The van der Waals surface area contributed by atoms with E-state index in [9.17, 15) is 8.42 Å². The summed E-state index contributed by atoms with van der Waals surface area (Å²) in [6.07, 6.45) is 6.78. The molecule has 1 fully saturated rings. The number of alkyl halides is 1. The minimum Gasteiger partial charge on any atom is -0.281 e. The van der Waals surface area contributed by atoms with E-state index in [0.717, 1.165) is 25.7 Å². The van der Waals surface area contributed by atoms with Crippen molar-refractivity contribution in [3.63, 3.8) is 0 Å². The number of aromatic nitrogens is 2. The fourth-order valence-corrected chi connectivity index (χ4v) is 4.25. The summed E-state index contributed by atoms with van der Waals surface area (Å²) in [7, 11) is -3.50. The number of aryl methyl sites for hydroxylation is 1. The van der Waals surface area contributed by atoms with Gasteiger partial charge in [-0.1, -0.05) is 19.3 Å². The van der Waals surface area contributed by atoms with Crippen LogP contribution in [0, 0.1) is 12.3 Å². The van der Waals surface area contributed by atoms with E-state index >= 15 is 0 Å². The van der Waals surface area contributed by atoms with E-state index in [4.69, 9.17) is 11.6 Å². The van der Waals surface area contributed by atoms with Gasteiger partial charge in [0.15, 0.2) is 0 Å². The molecule has 0 bridgehead atoms. The van der Waals surface area contributed by atoms with Crippen molar-refractivity contribution < 1.29 is 8.42 Å². The van der Waals surface area contributed by atoms with Crippen molar-refractivity contribution in [2.45, 2.75) is 43.9 Å². The highest BCUT2D eigenvalue weighted by Crippen LogP contribution is 2.37. The van der Waals surface area contributed by atoms with Crippen molar-refractivity contribution >= 4 is 21.6 Å². The molecule has 5 nitrogen and oxygen atoms in total. The van der Waals surface area contributed by atoms with Crippen LogP contribution in [0.25, 0.3) is 0 Å². The molecule has 1 aliphatic carbocycles.